The maximum Gasteiger partial charge on any atom is 0.219 e. The van der Waals surface area contributed by atoms with Crippen LogP contribution in [0.2, 0.25) is 0 Å². The van der Waals surface area contributed by atoms with E-state index in [1.165, 1.54) is 0 Å². The van der Waals surface area contributed by atoms with Crippen LogP contribution >= 0.6 is 11.6 Å². The first-order chi connectivity index (χ1) is 8.33. The number of rotatable bonds is 3. The van der Waals surface area contributed by atoms with Crippen LogP contribution in [0.3, 0.4) is 0 Å². The van der Waals surface area contributed by atoms with Crippen LogP contribution in [0.1, 0.15) is 11.1 Å². The maximum atomic E-state index is 8.91. The molecule has 0 N–H and O–H groups in total. The molecule has 84 valence electrons. The minimum absolute atomic E-state index is 0.419. The number of halogens is 1. The van der Waals surface area contributed by atoms with E-state index in [9.17, 15) is 0 Å². The maximum absolute atomic E-state index is 8.91. The lowest BCUT2D eigenvalue weighted by atomic mass is 10.2. The van der Waals surface area contributed by atoms with Gasteiger partial charge >= 0.3 is 0 Å². The molecular formula is C13H9ClN2O. The van der Waals surface area contributed by atoms with E-state index in [1.54, 1.807) is 30.5 Å². The van der Waals surface area contributed by atoms with Crippen molar-refractivity contribution < 1.29 is 4.74 Å². The Bertz CT molecular complexity index is 546. The summed E-state index contributed by atoms with van der Waals surface area (Å²) in [5.74, 6) is 1.37. The van der Waals surface area contributed by atoms with Crippen molar-refractivity contribution in [2.75, 3.05) is 0 Å². The molecule has 0 unspecified atom stereocenters. The molecule has 0 aliphatic rings. The second kappa shape index (κ2) is 5.33. The Hall–Kier alpha value is -2.05. The van der Waals surface area contributed by atoms with Crippen LogP contribution in [0.5, 0.6) is 11.6 Å². The first kappa shape index (κ1) is 11.4. The minimum Gasteiger partial charge on any atom is -0.438 e. The molecule has 0 atom stereocenters. The molecule has 1 aromatic heterocycles. The molecule has 0 saturated heterocycles. The van der Waals surface area contributed by atoms with Gasteiger partial charge in [-0.15, -0.1) is 11.6 Å². The van der Waals surface area contributed by atoms with Crippen LogP contribution in [-0.2, 0) is 5.88 Å². The predicted octanol–water partition coefficient (Wildman–Crippen LogP) is 3.48. The van der Waals surface area contributed by atoms with E-state index in [-0.39, 0.29) is 0 Å². The van der Waals surface area contributed by atoms with Gasteiger partial charge in [-0.25, -0.2) is 4.98 Å². The highest BCUT2D eigenvalue weighted by molar-refractivity contribution is 6.17. The molecule has 0 radical (unpaired) electrons. The van der Waals surface area contributed by atoms with Crippen LogP contribution < -0.4 is 4.74 Å². The lowest BCUT2D eigenvalue weighted by molar-refractivity contribution is 0.461. The number of nitrogens with zero attached hydrogens (tertiary/aromatic N) is 2. The molecule has 0 bridgehead atoms. The van der Waals surface area contributed by atoms with Gasteiger partial charge in [-0.1, -0.05) is 18.2 Å². The lowest BCUT2D eigenvalue weighted by Crippen LogP contribution is -1.91. The molecule has 2 rings (SSSR count). The zero-order valence-corrected chi connectivity index (χ0v) is 9.69. The number of nitriles is 1. The molecule has 4 heteroatoms. The predicted molar refractivity (Wildman–Crippen MR) is 65.0 cm³/mol. The molecule has 0 spiro atoms. The van der Waals surface area contributed by atoms with Gasteiger partial charge in [-0.2, -0.15) is 5.26 Å². The van der Waals surface area contributed by atoms with Gasteiger partial charge in [0.1, 0.15) is 11.8 Å². The second-order valence-electron chi connectivity index (χ2n) is 3.35. The Labute approximate surface area is 104 Å². The van der Waals surface area contributed by atoms with Gasteiger partial charge in [-0.3, -0.25) is 0 Å². The normalized spacial score (nSPS) is 9.65. The fourth-order valence-corrected chi connectivity index (χ4v) is 1.47. The van der Waals surface area contributed by atoms with Crippen molar-refractivity contribution in [1.29, 1.82) is 5.26 Å². The van der Waals surface area contributed by atoms with Crippen LogP contribution in [-0.4, -0.2) is 4.98 Å². The number of hydrogen-bond acceptors (Lipinski definition) is 3. The topological polar surface area (TPSA) is 45.9 Å². The van der Waals surface area contributed by atoms with E-state index in [4.69, 9.17) is 21.6 Å². The zero-order valence-electron chi connectivity index (χ0n) is 8.93. The summed E-state index contributed by atoms with van der Waals surface area (Å²) in [5, 5.41) is 8.91. The summed E-state index contributed by atoms with van der Waals surface area (Å²) in [6, 6.07) is 12.7. The second-order valence-corrected chi connectivity index (χ2v) is 3.62. The Morgan fingerprint density at radius 3 is 2.71 bits per heavy atom. The fraction of sp³-hybridized carbons (Fsp3) is 0.0769. The Balaban J connectivity index is 2.23. The van der Waals surface area contributed by atoms with E-state index in [0.29, 0.717) is 23.1 Å². The first-order valence-corrected chi connectivity index (χ1v) is 5.55. The lowest BCUT2D eigenvalue weighted by Gasteiger charge is -2.06. The summed E-state index contributed by atoms with van der Waals surface area (Å²) in [6.45, 7) is 0. The average Bonchev–Trinajstić information content (AvgIpc) is 2.40. The Morgan fingerprint density at radius 2 is 2.06 bits per heavy atom. The molecule has 0 aliphatic heterocycles. The van der Waals surface area contributed by atoms with Gasteiger partial charge in [0.15, 0.2) is 0 Å². The van der Waals surface area contributed by atoms with Crippen LogP contribution in [0, 0.1) is 11.3 Å². The molecule has 0 amide bonds. The third-order valence-electron chi connectivity index (χ3n) is 2.17. The van der Waals surface area contributed by atoms with Crippen molar-refractivity contribution in [3.8, 4) is 17.7 Å². The standard InChI is InChI=1S/C13H9ClN2O/c14-7-10-5-6-13(16-9-10)17-12-4-2-1-3-11(12)8-15/h1-6,9H,7H2. The number of pyridine rings is 1. The summed E-state index contributed by atoms with van der Waals surface area (Å²) in [7, 11) is 0. The highest BCUT2D eigenvalue weighted by Crippen LogP contribution is 2.23. The molecule has 1 heterocycles. The molecule has 17 heavy (non-hydrogen) atoms. The SMILES string of the molecule is N#Cc1ccccc1Oc1ccc(CCl)cn1. The smallest absolute Gasteiger partial charge is 0.219 e. The van der Waals surface area contributed by atoms with E-state index in [2.05, 4.69) is 11.1 Å². The molecule has 3 nitrogen and oxygen atoms in total. The number of aromatic nitrogens is 1. The van der Waals surface area contributed by atoms with Crippen molar-refractivity contribution in [1.82, 2.24) is 4.98 Å². The van der Waals surface area contributed by atoms with Crippen molar-refractivity contribution in [3.05, 3.63) is 53.7 Å². The monoisotopic (exact) mass is 244 g/mol. The van der Waals surface area contributed by atoms with Crippen molar-refractivity contribution in [2.24, 2.45) is 0 Å². The van der Waals surface area contributed by atoms with Crippen LogP contribution in [0.4, 0.5) is 0 Å². The molecule has 0 fully saturated rings. The number of hydrogen-bond donors (Lipinski definition) is 0. The minimum atomic E-state index is 0.419. The van der Waals surface area contributed by atoms with E-state index in [1.807, 2.05) is 12.1 Å². The highest BCUT2D eigenvalue weighted by atomic mass is 35.5. The highest BCUT2D eigenvalue weighted by Gasteiger charge is 2.04. The van der Waals surface area contributed by atoms with Gasteiger partial charge in [0.25, 0.3) is 0 Å². The van der Waals surface area contributed by atoms with Gasteiger partial charge in [0.05, 0.1) is 5.56 Å². The molecule has 1 aromatic carbocycles. The van der Waals surface area contributed by atoms with E-state index >= 15 is 0 Å². The van der Waals surface area contributed by atoms with Crippen molar-refractivity contribution in [2.45, 2.75) is 5.88 Å². The number of alkyl halides is 1. The third-order valence-corrected chi connectivity index (χ3v) is 2.48. The number of ether oxygens (including phenoxy) is 1. The van der Waals surface area contributed by atoms with Crippen molar-refractivity contribution in [3.63, 3.8) is 0 Å². The third kappa shape index (κ3) is 2.74. The Morgan fingerprint density at radius 1 is 1.24 bits per heavy atom. The van der Waals surface area contributed by atoms with Gasteiger partial charge in [0.2, 0.25) is 5.88 Å². The quantitative estimate of drug-likeness (QED) is 0.777. The molecular weight excluding hydrogens is 236 g/mol. The summed E-state index contributed by atoms with van der Waals surface area (Å²) >= 11 is 5.66. The van der Waals surface area contributed by atoms with Crippen LogP contribution in [0.25, 0.3) is 0 Å². The Kier molecular flexibility index (Phi) is 3.59. The molecule has 2 aromatic rings. The van der Waals surface area contributed by atoms with Crippen molar-refractivity contribution >= 4 is 11.6 Å². The summed E-state index contributed by atoms with van der Waals surface area (Å²) in [4.78, 5) is 4.10. The summed E-state index contributed by atoms with van der Waals surface area (Å²) in [5.41, 5.74) is 1.41. The van der Waals surface area contributed by atoms with Gasteiger partial charge in [0, 0.05) is 18.1 Å². The van der Waals surface area contributed by atoms with E-state index < -0.39 is 0 Å². The summed E-state index contributed by atoms with van der Waals surface area (Å²) in [6.07, 6.45) is 1.65. The molecule has 0 saturated carbocycles. The number of benzene rings is 1. The summed E-state index contributed by atoms with van der Waals surface area (Å²) < 4.78 is 5.52. The largest absolute Gasteiger partial charge is 0.438 e. The fourth-order valence-electron chi connectivity index (χ4n) is 1.31. The van der Waals surface area contributed by atoms with Gasteiger partial charge in [-0.05, 0) is 17.7 Å². The van der Waals surface area contributed by atoms with E-state index in [0.717, 1.165) is 5.56 Å². The first-order valence-electron chi connectivity index (χ1n) is 5.01. The zero-order chi connectivity index (χ0) is 12.1. The average molecular weight is 245 g/mol. The van der Waals surface area contributed by atoms with Crippen LogP contribution in [0.15, 0.2) is 42.6 Å². The molecule has 0 aliphatic carbocycles. The van der Waals surface area contributed by atoms with Gasteiger partial charge < -0.3 is 4.74 Å². The number of para-hydroxylation sites is 1.